The molecular weight excluding hydrogens is 92.1 g/mol. The van der Waals surface area contributed by atoms with Crippen molar-refractivity contribution in [3.8, 4) is 0 Å². The zero-order valence-corrected chi connectivity index (χ0v) is 3.70. The molecule has 1 rings (SSSR count). The van der Waals surface area contributed by atoms with Crippen LogP contribution in [0.1, 0.15) is 0 Å². The van der Waals surface area contributed by atoms with Crippen molar-refractivity contribution in [2.75, 3.05) is 6.54 Å². The van der Waals surface area contributed by atoms with E-state index in [1.54, 1.807) is 6.21 Å². The van der Waals surface area contributed by atoms with Gasteiger partial charge in [-0.1, -0.05) is 0 Å². The monoisotopic (exact) mass is 97.1 g/mol. The first-order valence-electron chi connectivity index (χ1n) is 2.03. The van der Waals surface area contributed by atoms with Gasteiger partial charge < -0.3 is 0 Å². The third kappa shape index (κ3) is 0.725. The summed E-state index contributed by atoms with van der Waals surface area (Å²) >= 11 is 0. The van der Waals surface area contributed by atoms with E-state index >= 15 is 0 Å². The van der Waals surface area contributed by atoms with Crippen molar-refractivity contribution in [1.82, 2.24) is 5.32 Å². The van der Waals surface area contributed by atoms with Crippen LogP contribution in [-0.4, -0.2) is 19.0 Å². The van der Waals surface area contributed by atoms with Crippen molar-refractivity contribution < 1.29 is 0 Å². The van der Waals surface area contributed by atoms with Crippen molar-refractivity contribution in [1.29, 1.82) is 5.39 Å². The molecule has 1 aliphatic rings. The Balaban J connectivity index is 2.47. The van der Waals surface area contributed by atoms with Crippen molar-refractivity contribution in [2.45, 2.75) is 6.29 Å². The van der Waals surface area contributed by atoms with Gasteiger partial charge in [-0.25, -0.2) is 5.32 Å². The average Bonchev–Trinajstić information content (AvgIpc) is 2.14. The summed E-state index contributed by atoms with van der Waals surface area (Å²) in [6, 6.07) is 0. The Morgan fingerprint density at radius 1 is 2.00 bits per heavy atom. The van der Waals surface area contributed by atoms with Gasteiger partial charge in [0.25, 0.3) is 0 Å². The second-order valence-corrected chi connectivity index (χ2v) is 1.23. The molecule has 36 valence electrons. The summed E-state index contributed by atoms with van der Waals surface area (Å²) in [4.78, 5) is 6.58. The summed E-state index contributed by atoms with van der Waals surface area (Å²) in [6.45, 7) is 0.703. The number of hydrogen-bond donors (Lipinski definition) is 1. The molecule has 0 aromatic rings. The lowest BCUT2D eigenvalue weighted by molar-refractivity contribution is 0.703. The first kappa shape index (κ1) is 4.22. The molecule has 0 bridgehead atoms. The molecule has 0 radical (unpaired) electrons. The SMILES string of the molecule is N#[N+]C1N=CCN1. The molecule has 0 amide bonds. The van der Waals surface area contributed by atoms with Crippen LogP contribution < -0.4 is 5.32 Å². The van der Waals surface area contributed by atoms with Crippen LogP contribution >= 0.6 is 0 Å². The van der Waals surface area contributed by atoms with Crippen molar-refractivity contribution in [2.24, 2.45) is 4.99 Å². The maximum Gasteiger partial charge on any atom is 0.465 e. The molecule has 0 spiro atoms. The van der Waals surface area contributed by atoms with E-state index < -0.39 is 6.29 Å². The second-order valence-electron chi connectivity index (χ2n) is 1.23. The van der Waals surface area contributed by atoms with Gasteiger partial charge in [0.15, 0.2) is 4.98 Å². The van der Waals surface area contributed by atoms with Crippen LogP contribution in [0, 0.1) is 5.39 Å². The number of diazo groups is 1. The Hall–Kier alpha value is -0.950. The van der Waals surface area contributed by atoms with Crippen LogP contribution in [0.25, 0.3) is 4.98 Å². The predicted molar refractivity (Wildman–Crippen MR) is 25.4 cm³/mol. The normalized spacial score (nSPS) is 27.6. The fourth-order valence-corrected chi connectivity index (χ4v) is 0.434. The highest BCUT2D eigenvalue weighted by Crippen LogP contribution is 1.89. The molecule has 1 atom stereocenters. The fraction of sp³-hybridized carbons (Fsp3) is 0.667. The highest BCUT2D eigenvalue weighted by molar-refractivity contribution is 5.62. The number of nitrogens with zero attached hydrogens (tertiary/aromatic N) is 3. The van der Waals surface area contributed by atoms with Crippen molar-refractivity contribution >= 4 is 6.21 Å². The second kappa shape index (κ2) is 1.67. The van der Waals surface area contributed by atoms with Gasteiger partial charge in [-0.3, -0.25) is 0 Å². The molecule has 0 saturated carbocycles. The van der Waals surface area contributed by atoms with Crippen LogP contribution in [0.3, 0.4) is 0 Å². The standard InChI is InChI=1S/C3H5N4/c4-7-3-5-1-2-6-3/h1,3,6H,2H2/q+1. The molecule has 0 fully saturated rings. The molecule has 0 aliphatic carbocycles. The molecule has 0 saturated heterocycles. The fourth-order valence-electron chi connectivity index (χ4n) is 0.434. The first-order chi connectivity index (χ1) is 3.43. The maximum atomic E-state index is 8.01. The van der Waals surface area contributed by atoms with E-state index in [9.17, 15) is 0 Å². The number of aliphatic imine (C=N–C) groups is 1. The number of nitrogens with one attached hydrogen (secondary N) is 1. The summed E-state index contributed by atoms with van der Waals surface area (Å²) in [5.74, 6) is 0. The molecule has 0 aromatic heterocycles. The number of rotatable bonds is 0. The molecule has 1 aliphatic heterocycles. The third-order valence-electron chi connectivity index (χ3n) is 0.748. The van der Waals surface area contributed by atoms with E-state index in [0.29, 0.717) is 6.54 Å². The molecule has 1 unspecified atom stereocenters. The highest BCUT2D eigenvalue weighted by atomic mass is 15.3. The van der Waals surface area contributed by atoms with Crippen LogP contribution in [0.5, 0.6) is 0 Å². The zero-order chi connectivity index (χ0) is 5.11. The van der Waals surface area contributed by atoms with Gasteiger partial charge in [-0.2, -0.15) is 4.99 Å². The quantitative estimate of drug-likeness (QED) is 0.425. The third-order valence-corrected chi connectivity index (χ3v) is 0.748. The summed E-state index contributed by atoms with van der Waals surface area (Å²) in [5, 5.41) is 10.8. The molecule has 1 N–H and O–H groups in total. The molecule has 0 aromatic carbocycles. The van der Waals surface area contributed by atoms with Crippen LogP contribution in [-0.2, 0) is 0 Å². The van der Waals surface area contributed by atoms with Gasteiger partial charge in [-0.15, -0.1) is 0 Å². The lowest BCUT2D eigenvalue weighted by Gasteiger charge is -1.76. The van der Waals surface area contributed by atoms with Crippen LogP contribution in [0.4, 0.5) is 0 Å². The Morgan fingerprint density at radius 3 is 3.14 bits per heavy atom. The van der Waals surface area contributed by atoms with Gasteiger partial charge in [0.2, 0.25) is 5.39 Å². The van der Waals surface area contributed by atoms with E-state index in [0.717, 1.165) is 0 Å². The van der Waals surface area contributed by atoms with Crippen molar-refractivity contribution in [3.05, 3.63) is 4.98 Å². The first-order valence-corrected chi connectivity index (χ1v) is 2.03. The minimum Gasteiger partial charge on any atom is -0.214 e. The smallest absolute Gasteiger partial charge is 0.214 e. The van der Waals surface area contributed by atoms with Gasteiger partial charge >= 0.3 is 6.29 Å². The number of hydrogen-bond acceptors (Lipinski definition) is 3. The Kier molecular flexibility index (Phi) is 1.00. The highest BCUT2D eigenvalue weighted by Gasteiger charge is 2.18. The minimum atomic E-state index is -0.403. The summed E-state index contributed by atoms with van der Waals surface area (Å²) in [5.41, 5.74) is 0. The molecular formula is C3H5N4+. The van der Waals surface area contributed by atoms with E-state index in [2.05, 4.69) is 15.3 Å². The van der Waals surface area contributed by atoms with Crippen LogP contribution in [0.15, 0.2) is 4.99 Å². The minimum absolute atomic E-state index is 0.403. The van der Waals surface area contributed by atoms with Crippen LogP contribution in [0.2, 0.25) is 0 Å². The Labute approximate surface area is 40.9 Å². The van der Waals surface area contributed by atoms with E-state index in [1.807, 2.05) is 0 Å². The lowest BCUT2D eigenvalue weighted by atomic mass is 10.8. The van der Waals surface area contributed by atoms with Gasteiger partial charge in [0.1, 0.15) is 0 Å². The maximum absolute atomic E-state index is 8.01. The van der Waals surface area contributed by atoms with E-state index in [1.165, 1.54) is 0 Å². The Morgan fingerprint density at radius 2 is 2.86 bits per heavy atom. The predicted octanol–water partition coefficient (Wildman–Crippen LogP) is -0.203. The molecule has 1 heterocycles. The molecule has 7 heavy (non-hydrogen) atoms. The molecule has 4 nitrogen and oxygen atoms in total. The Bertz CT molecular complexity index is 121. The van der Waals surface area contributed by atoms with Gasteiger partial charge in [0.05, 0.1) is 0 Å². The van der Waals surface area contributed by atoms with E-state index in [-0.39, 0.29) is 0 Å². The molecule has 4 heteroatoms. The van der Waals surface area contributed by atoms with Gasteiger partial charge in [-0.05, 0) is 0 Å². The zero-order valence-electron chi connectivity index (χ0n) is 3.70. The topological polar surface area (TPSA) is 52.5 Å². The average molecular weight is 97.1 g/mol. The van der Waals surface area contributed by atoms with E-state index in [4.69, 9.17) is 5.39 Å². The summed E-state index contributed by atoms with van der Waals surface area (Å²) in [7, 11) is 0. The summed E-state index contributed by atoms with van der Waals surface area (Å²) < 4.78 is 0. The van der Waals surface area contributed by atoms with Crippen molar-refractivity contribution in [3.63, 3.8) is 0 Å². The lowest BCUT2D eigenvalue weighted by Crippen LogP contribution is -2.17. The largest absolute Gasteiger partial charge is 0.465 e. The van der Waals surface area contributed by atoms with Gasteiger partial charge in [0, 0.05) is 12.8 Å². The summed E-state index contributed by atoms with van der Waals surface area (Å²) in [6.07, 6.45) is 1.27.